The van der Waals surface area contributed by atoms with Gasteiger partial charge < -0.3 is 11.1 Å². The number of nitrogens with zero attached hydrogens (tertiary/aromatic N) is 2. The van der Waals surface area contributed by atoms with Gasteiger partial charge in [-0.3, -0.25) is 14.5 Å². The lowest BCUT2D eigenvalue weighted by Gasteiger charge is -2.30. The molecule has 0 aromatic carbocycles. The van der Waals surface area contributed by atoms with E-state index in [9.17, 15) is 18.0 Å². The Bertz CT molecular complexity index is 1070. The number of carbonyl (C=O) groups is 2. The number of thiophene rings is 2. The van der Waals surface area contributed by atoms with E-state index in [4.69, 9.17) is 5.73 Å². The third-order valence-corrected chi connectivity index (χ3v) is 10.4. The first-order chi connectivity index (χ1) is 14.8. The van der Waals surface area contributed by atoms with Crippen molar-refractivity contribution in [1.82, 2.24) is 9.21 Å². The molecule has 4 heterocycles. The predicted molar refractivity (Wildman–Crippen MR) is 122 cm³/mol. The predicted octanol–water partition coefficient (Wildman–Crippen LogP) is 2.33. The second kappa shape index (κ2) is 8.99. The van der Waals surface area contributed by atoms with Crippen LogP contribution in [0, 0.1) is 5.92 Å². The Labute approximate surface area is 190 Å². The highest BCUT2D eigenvalue weighted by atomic mass is 32.2. The molecule has 2 aromatic heterocycles. The van der Waals surface area contributed by atoms with Crippen molar-refractivity contribution in [2.24, 2.45) is 11.7 Å². The first-order valence-corrected chi connectivity index (χ1v) is 13.5. The highest BCUT2D eigenvalue weighted by Gasteiger charge is 2.34. The summed E-state index contributed by atoms with van der Waals surface area (Å²) < 4.78 is 27.1. The molecule has 2 aliphatic rings. The second-order valence-corrected chi connectivity index (χ2v) is 12.0. The monoisotopic (exact) mass is 482 g/mol. The molecule has 11 heteroatoms. The molecule has 0 radical (unpaired) electrons. The normalized spacial score (nSPS) is 18.6. The van der Waals surface area contributed by atoms with Gasteiger partial charge in [0.2, 0.25) is 5.91 Å². The van der Waals surface area contributed by atoms with Gasteiger partial charge in [-0.1, -0.05) is 13.0 Å². The summed E-state index contributed by atoms with van der Waals surface area (Å²) in [5.41, 5.74) is 7.03. The molecular formula is C20H26N4O4S3. The van der Waals surface area contributed by atoms with Gasteiger partial charge in [0, 0.05) is 37.0 Å². The molecule has 0 unspecified atom stereocenters. The molecule has 0 spiro atoms. The SMILES string of the molecule is CCN1CCc2c(sc(NC(=O)C3CCN(S(=O)(=O)c4cccs4)CC3)c2C(N)=O)C1. The van der Waals surface area contributed by atoms with E-state index in [1.165, 1.54) is 27.0 Å². The van der Waals surface area contributed by atoms with Crippen LogP contribution in [0.15, 0.2) is 21.7 Å². The van der Waals surface area contributed by atoms with Gasteiger partial charge in [-0.25, -0.2) is 8.42 Å². The van der Waals surface area contributed by atoms with Crippen LogP contribution in [0.1, 0.15) is 40.6 Å². The van der Waals surface area contributed by atoms with E-state index in [-0.39, 0.29) is 11.8 Å². The molecule has 0 bridgehead atoms. The number of primary amides is 1. The van der Waals surface area contributed by atoms with Gasteiger partial charge in [-0.15, -0.1) is 22.7 Å². The van der Waals surface area contributed by atoms with E-state index >= 15 is 0 Å². The van der Waals surface area contributed by atoms with Gasteiger partial charge in [0.25, 0.3) is 15.9 Å². The average Bonchev–Trinajstić information content (AvgIpc) is 3.41. The van der Waals surface area contributed by atoms with Crippen LogP contribution in [-0.4, -0.2) is 55.6 Å². The lowest BCUT2D eigenvalue weighted by atomic mass is 9.97. The van der Waals surface area contributed by atoms with Crippen molar-refractivity contribution >= 4 is 49.5 Å². The Kier molecular flexibility index (Phi) is 6.50. The molecule has 1 saturated heterocycles. The molecule has 2 aliphatic heterocycles. The fourth-order valence-electron chi connectivity index (χ4n) is 4.18. The number of hydrogen-bond donors (Lipinski definition) is 2. The Hall–Kier alpha value is -1.79. The molecule has 0 saturated carbocycles. The van der Waals surface area contributed by atoms with E-state index in [1.807, 2.05) is 0 Å². The highest BCUT2D eigenvalue weighted by molar-refractivity contribution is 7.91. The number of hydrogen-bond acceptors (Lipinski definition) is 7. The van der Waals surface area contributed by atoms with E-state index in [1.54, 1.807) is 17.5 Å². The van der Waals surface area contributed by atoms with Crippen molar-refractivity contribution in [3.8, 4) is 0 Å². The molecule has 168 valence electrons. The Morgan fingerprint density at radius 1 is 1.26 bits per heavy atom. The van der Waals surface area contributed by atoms with Crippen molar-refractivity contribution in [1.29, 1.82) is 0 Å². The smallest absolute Gasteiger partial charge is 0.252 e. The number of fused-ring (bicyclic) bond motifs is 1. The summed E-state index contributed by atoms with van der Waals surface area (Å²) in [4.78, 5) is 28.4. The number of nitrogens with one attached hydrogen (secondary N) is 1. The maximum atomic E-state index is 12.9. The molecule has 2 aromatic rings. The number of amides is 2. The number of rotatable bonds is 6. The molecule has 2 amide bonds. The van der Waals surface area contributed by atoms with Gasteiger partial charge in [0.15, 0.2) is 0 Å². The summed E-state index contributed by atoms with van der Waals surface area (Å²) >= 11 is 2.62. The van der Waals surface area contributed by atoms with Gasteiger partial charge in [0.1, 0.15) is 9.21 Å². The van der Waals surface area contributed by atoms with Crippen LogP contribution in [-0.2, 0) is 27.8 Å². The molecule has 4 rings (SSSR count). The summed E-state index contributed by atoms with van der Waals surface area (Å²) in [5, 5.41) is 5.19. The van der Waals surface area contributed by atoms with Crippen molar-refractivity contribution in [2.75, 3.05) is 31.5 Å². The zero-order valence-electron chi connectivity index (χ0n) is 17.3. The first-order valence-electron chi connectivity index (χ1n) is 10.3. The minimum Gasteiger partial charge on any atom is -0.365 e. The number of likely N-dealkylation sites (N-methyl/N-ethyl adjacent to an activating group) is 1. The van der Waals surface area contributed by atoms with Gasteiger partial charge >= 0.3 is 0 Å². The van der Waals surface area contributed by atoms with Gasteiger partial charge in [-0.2, -0.15) is 4.31 Å². The second-order valence-electron chi connectivity index (χ2n) is 7.79. The summed E-state index contributed by atoms with van der Waals surface area (Å²) in [7, 11) is -3.50. The zero-order valence-corrected chi connectivity index (χ0v) is 19.7. The van der Waals surface area contributed by atoms with Crippen LogP contribution < -0.4 is 11.1 Å². The zero-order chi connectivity index (χ0) is 22.2. The number of nitrogens with two attached hydrogens (primary N) is 1. The minimum atomic E-state index is -3.50. The van der Waals surface area contributed by atoms with Crippen molar-refractivity contribution in [2.45, 2.75) is 36.9 Å². The third-order valence-electron chi connectivity index (χ3n) is 5.98. The van der Waals surface area contributed by atoms with Gasteiger partial charge in [-0.05, 0) is 42.8 Å². The number of anilines is 1. The molecule has 0 atom stereocenters. The quantitative estimate of drug-likeness (QED) is 0.656. The summed E-state index contributed by atoms with van der Waals surface area (Å²) in [5.74, 6) is -1.00. The Morgan fingerprint density at radius 3 is 2.61 bits per heavy atom. The van der Waals surface area contributed by atoms with E-state index in [0.717, 1.165) is 36.5 Å². The minimum absolute atomic E-state index is 0.179. The maximum Gasteiger partial charge on any atom is 0.252 e. The molecule has 3 N–H and O–H groups in total. The number of piperidine rings is 1. The topological polar surface area (TPSA) is 113 Å². The van der Waals surface area contributed by atoms with Crippen LogP contribution in [0.2, 0.25) is 0 Å². The van der Waals surface area contributed by atoms with Gasteiger partial charge in [0.05, 0.1) is 5.56 Å². The van der Waals surface area contributed by atoms with Crippen molar-refractivity contribution in [3.05, 3.63) is 33.5 Å². The molecule has 31 heavy (non-hydrogen) atoms. The first kappa shape index (κ1) is 22.4. The standard InChI is InChI=1S/C20H26N4O4S3/c1-2-23-8-7-14-15(12-23)30-20(17(14)18(21)25)22-19(26)13-5-9-24(10-6-13)31(27,28)16-4-3-11-29-16/h3-4,11,13H,2,5-10,12H2,1H3,(H2,21,25)(H,22,26). The summed E-state index contributed by atoms with van der Waals surface area (Å²) in [6, 6.07) is 3.32. The lowest BCUT2D eigenvalue weighted by molar-refractivity contribution is -0.120. The van der Waals surface area contributed by atoms with Crippen molar-refractivity contribution < 1.29 is 18.0 Å². The van der Waals surface area contributed by atoms with E-state index < -0.39 is 15.9 Å². The lowest BCUT2D eigenvalue weighted by Crippen LogP contribution is -2.41. The largest absolute Gasteiger partial charge is 0.365 e. The van der Waals surface area contributed by atoms with E-state index in [0.29, 0.717) is 40.7 Å². The third kappa shape index (κ3) is 4.42. The summed E-state index contributed by atoms with van der Waals surface area (Å²) in [6.45, 7) is 5.25. The highest BCUT2D eigenvalue weighted by Crippen LogP contribution is 2.37. The molecule has 1 fully saturated rings. The summed E-state index contributed by atoms with van der Waals surface area (Å²) in [6.07, 6.45) is 1.63. The fourth-order valence-corrected chi connectivity index (χ4v) is 8.10. The van der Waals surface area contributed by atoms with Crippen molar-refractivity contribution in [3.63, 3.8) is 0 Å². The average molecular weight is 483 g/mol. The Morgan fingerprint density at radius 2 is 2.00 bits per heavy atom. The number of sulfonamides is 1. The van der Waals surface area contributed by atoms with E-state index in [2.05, 4.69) is 17.1 Å². The van der Waals surface area contributed by atoms with Crippen LogP contribution in [0.3, 0.4) is 0 Å². The van der Waals surface area contributed by atoms with Crippen LogP contribution in [0.5, 0.6) is 0 Å². The van der Waals surface area contributed by atoms with Crippen LogP contribution >= 0.6 is 22.7 Å². The Balaban J connectivity index is 1.44. The molecule has 0 aliphatic carbocycles. The molecule has 8 nitrogen and oxygen atoms in total. The van der Waals surface area contributed by atoms with Crippen LogP contribution in [0.25, 0.3) is 0 Å². The number of carbonyl (C=O) groups excluding carboxylic acids is 2. The maximum absolute atomic E-state index is 12.9. The molecular weight excluding hydrogens is 456 g/mol. The fraction of sp³-hybridized carbons (Fsp3) is 0.500. The van der Waals surface area contributed by atoms with Crippen LogP contribution in [0.4, 0.5) is 5.00 Å².